The molecule has 29 heavy (non-hydrogen) atoms. The maximum absolute atomic E-state index is 12.0. The van der Waals surface area contributed by atoms with Crippen molar-refractivity contribution in [2.24, 2.45) is 0 Å². The Morgan fingerprint density at radius 1 is 1.14 bits per heavy atom. The van der Waals surface area contributed by atoms with Crippen LogP contribution in [0.25, 0.3) is 6.08 Å². The summed E-state index contributed by atoms with van der Waals surface area (Å²) in [5.41, 5.74) is 1.44. The Bertz CT molecular complexity index is 954. The van der Waals surface area contributed by atoms with Gasteiger partial charge in [0.1, 0.15) is 11.5 Å². The van der Waals surface area contributed by atoms with Gasteiger partial charge in [0.15, 0.2) is 6.61 Å². The Kier molecular flexibility index (Phi) is 7.30. The van der Waals surface area contributed by atoms with E-state index in [1.165, 1.54) is 44.6 Å². The summed E-state index contributed by atoms with van der Waals surface area (Å²) in [7, 11) is 3.02. The first-order valence-electron chi connectivity index (χ1n) is 8.45. The molecule has 0 unspecified atom stereocenters. The van der Waals surface area contributed by atoms with Gasteiger partial charge in [0, 0.05) is 29.5 Å². The number of carbonyl (C=O) groups excluding carboxylic acids is 2. The van der Waals surface area contributed by atoms with E-state index in [1.807, 2.05) is 0 Å². The lowest BCUT2D eigenvalue weighted by atomic mass is 10.1. The standard InChI is InChI=1S/C20H20N2O7/c1-13-10-15(22(25)26)5-7-17(13)21-19(23)12-29-20(24)9-4-14-11-16(27-2)6-8-18(14)28-3/h4-11H,12H2,1-3H3,(H,21,23)/b9-4+. The van der Waals surface area contributed by atoms with Gasteiger partial charge in [0.05, 0.1) is 19.1 Å². The molecule has 0 saturated heterocycles. The molecule has 9 heteroatoms. The van der Waals surface area contributed by atoms with Crippen LogP contribution in [0.5, 0.6) is 11.5 Å². The Balaban J connectivity index is 1.93. The van der Waals surface area contributed by atoms with Crippen molar-refractivity contribution in [2.45, 2.75) is 6.92 Å². The van der Waals surface area contributed by atoms with Crippen molar-refractivity contribution in [2.75, 3.05) is 26.1 Å². The van der Waals surface area contributed by atoms with Crippen molar-refractivity contribution in [3.05, 3.63) is 63.7 Å². The highest BCUT2D eigenvalue weighted by Crippen LogP contribution is 2.25. The third-order valence-corrected chi connectivity index (χ3v) is 3.88. The third kappa shape index (κ3) is 6.06. The predicted octanol–water partition coefficient (Wildman–Crippen LogP) is 3.12. The van der Waals surface area contributed by atoms with Crippen LogP contribution in [-0.2, 0) is 14.3 Å². The number of non-ortho nitro benzene ring substituents is 1. The van der Waals surface area contributed by atoms with E-state index in [4.69, 9.17) is 14.2 Å². The molecule has 0 saturated carbocycles. The van der Waals surface area contributed by atoms with Crippen molar-refractivity contribution < 1.29 is 28.7 Å². The zero-order valence-electron chi connectivity index (χ0n) is 16.1. The molecule has 9 nitrogen and oxygen atoms in total. The second-order valence-corrected chi connectivity index (χ2v) is 5.85. The monoisotopic (exact) mass is 400 g/mol. The fourth-order valence-electron chi connectivity index (χ4n) is 2.40. The van der Waals surface area contributed by atoms with Crippen LogP contribution >= 0.6 is 0 Å². The fraction of sp³-hybridized carbons (Fsp3) is 0.200. The molecule has 0 aliphatic carbocycles. The molecule has 2 aromatic carbocycles. The first kappa shape index (κ1) is 21.4. The van der Waals surface area contributed by atoms with E-state index in [0.717, 1.165) is 0 Å². The molecule has 0 aromatic heterocycles. The van der Waals surface area contributed by atoms with Gasteiger partial charge in [-0.15, -0.1) is 0 Å². The van der Waals surface area contributed by atoms with E-state index in [1.54, 1.807) is 25.1 Å². The third-order valence-electron chi connectivity index (χ3n) is 3.88. The second kappa shape index (κ2) is 9.88. The van der Waals surface area contributed by atoms with Gasteiger partial charge in [-0.05, 0) is 42.8 Å². The first-order valence-corrected chi connectivity index (χ1v) is 8.45. The van der Waals surface area contributed by atoms with Gasteiger partial charge in [0.25, 0.3) is 11.6 Å². The smallest absolute Gasteiger partial charge is 0.331 e. The quantitative estimate of drug-likeness (QED) is 0.313. The number of benzene rings is 2. The molecule has 2 aromatic rings. The van der Waals surface area contributed by atoms with Gasteiger partial charge in [-0.25, -0.2) is 4.79 Å². The van der Waals surface area contributed by atoms with Gasteiger partial charge in [0.2, 0.25) is 0 Å². The van der Waals surface area contributed by atoms with E-state index in [0.29, 0.717) is 28.3 Å². The van der Waals surface area contributed by atoms with Gasteiger partial charge in [-0.1, -0.05) is 0 Å². The van der Waals surface area contributed by atoms with Crippen LogP contribution in [0.1, 0.15) is 11.1 Å². The van der Waals surface area contributed by atoms with Crippen molar-refractivity contribution in [3.63, 3.8) is 0 Å². The number of aryl methyl sites for hydroxylation is 1. The number of nitro groups is 1. The number of hydrogen-bond acceptors (Lipinski definition) is 7. The molecule has 1 amide bonds. The van der Waals surface area contributed by atoms with E-state index in [-0.39, 0.29) is 5.69 Å². The first-order chi connectivity index (χ1) is 13.8. The number of nitrogens with zero attached hydrogens (tertiary/aromatic N) is 1. The number of ether oxygens (including phenoxy) is 3. The highest BCUT2D eigenvalue weighted by molar-refractivity contribution is 5.95. The lowest BCUT2D eigenvalue weighted by molar-refractivity contribution is -0.384. The zero-order chi connectivity index (χ0) is 21.4. The minimum Gasteiger partial charge on any atom is -0.497 e. The molecule has 0 bridgehead atoms. The number of amides is 1. The lowest BCUT2D eigenvalue weighted by Gasteiger charge is -2.08. The van der Waals surface area contributed by atoms with E-state index in [9.17, 15) is 19.7 Å². The molecule has 0 spiro atoms. The number of nitrogens with one attached hydrogen (secondary N) is 1. The van der Waals surface area contributed by atoms with Crippen molar-refractivity contribution in [1.82, 2.24) is 0 Å². The minimum absolute atomic E-state index is 0.0787. The number of anilines is 1. The Morgan fingerprint density at radius 3 is 2.52 bits per heavy atom. The summed E-state index contributed by atoms with van der Waals surface area (Å²) in [5.74, 6) is -0.147. The lowest BCUT2D eigenvalue weighted by Crippen LogP contribution is -2.20. The SMILES string of the molecule is COc1ccc(OC)c(/C=C/C(=O)OCC(=O)Nc2ccc([N+](=O)[O-])cc2C)c1. The van der Waals surface area contributed by atoms with E-state index < -0.39 is 23.4 Å². The number of methoxy groups -OCH3 is 2. The summed E-state index contributed by atoms with van der Waals surface area (Å²) in [4.78, 5) is 34.1. The maximum atomic E-state index is 12.0. The van der Waals surface area contributed by atoms with E-state index >= 15 is 0 Å². The van der Waals surface area contributed by atoms with Crippen molar-refractivity contribution in [1.29, 1.82) is 0 Å². The van der Waals surface area contributed by atoms with Crippen molar-refractivity contribution in [3.8, 4) is 11.5 Å². The van der Waals surface area contributed by atoms with Gasteiger partial charge < -0.3 is 19.5 Å². The average Bonchev–Trinajstić information content (AvgIpc) is 2.71. The number of carbonyl (C=O) groups is 2. The molecule has 0 aliphatic rings. The molecule has 2 rings (SSSR count). The highest BCUT2D eigenvalue weighted by Gasteiger charge is 2.11. The van der Waals surface area contributed by atoms with Crippen LogP contribution in [0, 0.1) is 17.0 Å². The van der Waals surface area contributed by atoms with Gasteiger partial charge in [-0.3, -0.25) is 14.9 Å². The molecule has 0 fully saturated rings. The molecular weight excluding hydrogens is 380 g/mol. The van der Waals surface area contributed by atoms with Crippen LogP contribution in [0.4, 0.5) is 11.4 Å². The van der Waals surface area contributed by atoms with Gasteiger partial charge in [-0.2, -0.15) is 0 Å². The number of nitro benzene ring substituents is 1. The Labute approximate surface area is 167 Å². The summed E-state index contributed by atoms with van der Waals surface area (Å²) >= 11 is 0. The zero-order valence-corrected chi connectivity index (χ0v) is 16.1. The normalized spacial score (nSPS) is 10.4. The predicted molar refractivity (Wildman–Crippen MR) is 106 cm³/mol. The molecule has 1 N–H and O–H groups in total. The molecule has 0 heterocycles. The number of rotatable bonds is 8. The fourth-order valence-corrected chi connectivity index (χ4v) is 2.40. The summed E-state index contributed by atoms with van der Waals surface area (Å²) in [6.07, 6.45) is 2.66. The van der Waals surface area contributed by atoms with Crippen LogP contribution in [0.2, 0.25) is 0 Å². The Morgan fingerprint density at radius 2 is 1.90 bits per heavy atom. The number of esters is 1. The average molecular weight is 400 g/mol. The summed E-state index contributed by atoms with van der Waals surface area (Å²) in [6, 6.07) is 9.14. The highest BCUT2D eigenvalue weighted by atomic mass is 16.6. The molecular formula is C20H20N2O7. The maximum Gasteiger partial charge on any atom is 0.331 e. The van der Waals surface area contributed by atoms with Gasteiger partial charge >= 0.3 is 5.97 Å². The second-order valence-electron chi connectivity index (χ2n) is 5.85. The van der Waals surface area contributed by atoms with E-state index in [2.05, 4.69) is 5.32 Å². The summed E-state index contributed by atoms with van der Waals surface area (Å²) in [6.45, 7) is 1.12. The van der Waals surface area contributed by atoms with Crippen LogP contribution in [-0.4, -0.2) is 37.6 Å². The largest absolute Gasteiger partial charge is 0.497 e. The van der Waals surface area contributed by atoms with Crippen LogP contribution in [0.15, 0.2) is 42.5 Å². The molecule has 152 valence electrons. The number of hydrogen-bond donors (Lipinski definition) is 1. The van der Waals surface area contributed by atoms with Crippen molar-refractivity contribution >= 4 is 29.3 Å². The topological polar surface area (TPSA) is 117 Å². The van der Waals surface area contributed by atoms with Crippen LogP contribution < -0.4 is 14.8 Å². The molecule has 0 atom stereocenters. The molecule has 0 radical (unpaired) electrons. The summed E-state index contributed by atoms with van der Waals surface area (Å²) in [5, 5.41) is 13.3. The summed E-state index contributed by atoms with van der Waals surface area (Å²) < 4.78 is 15.3. The minimum atomic E-state index is -0.717. The Hall–Kier alpha value is -3.88. The van der Waals surface area contributed by atoms with Crippen LogP contribution in [0.3, 0.4) is 0 Å². The molecule has 0 aliphatic heterocycles.